The van der Waals surface area contributed by atoms with Crippen molar-refractivity contribution in [3.63, 3.8) is 0 Å². The molecule has 0 fully saturated rings. The van der Waals surface area contributed by atoms with Gasteiger partial charge in [0.05, 0.1) is 6.10 Å². The van der Waals surface area contributed by atoms with Gasteiger partial charge in [0.15, 0.2) is 0 Å². The zero-order valence-corrected chi connectivity index (χ0v) is 6.91. The lowest BCUT2D eigenvalue weighted by Gasteiger charge is -2.16. The maximum Gasteiger partial charge on any atom is 0.404 e. The lowest BCUT2D eigenvalue weighted by Crippen LogP contribution is -2.30. The van der Waals surface area contributed by atoms with Gasteiger partial charge in [-0.1, -0.05) is 13.3 Å². The zero-order valence-electron chi connectivity index (χ0n) is 6.91. The van der Waals surface area contributed by atoms with Gasteiger partial charge in [-0.25, -0.2) is 4.79 Å². The van der Waals surface area contributed by atoms with Crippen LogP contribution in [0.25, 0.3) is 0 Å². The van der Waals surface area contributed by atoms with Crippen molar-refractivity contribution in [2.75, 3.05) is 0 Å². The minimum absolute atomic E-state index is 0.507. The number of carbonyl (C=O) groups excluding carboxylic acids is 1. The second-order valence-corrected chi connectivity index (χ2v) is 2.50. The van der Waals surface area contributed by atoms with Crippen LogP contribution in [0.3, 0.4) is 0 Å². The molecule has 0 aromatic rings. The molecule has 1 amide bonds. The largest absolute Gasteiger partial charge is 0.444 e. The molecule has 0 saturated heterocycles. The molecule has 0 heterocycles. The fourth-order valence-corrected chi connectivity index (χ4v) is 0.792. The van der Waals surface area contributed by atoms with Crippen molar-refractivity contribution in [2.45, 2.75) is 38.9 Å². The lowest BCUT2D eigenvalue weighted by molar-refractivity contribution is 0.0123. The molecule has 0 aliphatic carbocycles. The Morgan fingerprint density at radius 2 is 2.27 bits per heavy atom. The first-order valence-corrected chi connectivity index (χ1v) is 3.72. The molecule has 2 atom stereocenters. The smallest absolute Gasteiger partial charge is 0.404 e. The number of aliphatic hydroxyl groups excluding tert-OH is 1. The van der Waals surface area contributed by atoms with Gasteiger partial charge in [-0.05, 0) is 13.3 Å². The second kappa shape index (κ2) is 4.96. The lowest BCUT2D eigenvalue weighted by atomic mass is 10.1. The normalized spacial score (nSPS) is 15.5. The Kier molecular flexibility index (Phi) is 4.61. The maximum atomic E-state index is 10.2. The third-order valence-electron chi connectivity index (χ3n) is 1.43. The molecule has 0 aromatic carbocycles. The molecular weight excluding hydrogens is 146 g/mol. The van der Waals surface area contributed by atoms with E-state index in [2.05, 4.69) is 4.74 Å². The monoisotopic (exact) mass is 161 g/mol. The topological polar surface area (TPSA) is 72.6 Å². The van der Waals surface area contributed by atoms with E-state index in [-0.39, 0.29) is 0 Å². The molecular formula is C7H15NO3. The van der Waals surface area contributed by atoms with Gasteiger partial charge in [-0.3, -0.25) is 0 Å². The molecule has 0 bridgehead atoms. The van der Waals surface area contributed by atoms with Crippen LogP contribution < -0.4 is 5.73 Å². The van der Waals surface area contributed by atoms with Gasteiger partial charge in [-0.2, -0.15) is 0 Å². The summed E-state index contributed by atoms with van der Waals surface area (Å²) in [5.41, 5.74) is 4.76. The van der Waals surface area contributed by atoms with E-state index in [1.807, 2.05) is 6.92 Å². The van der Waals surface area contributed by atoms with Crippen molar-refractivity contribution < 1.29 is 14.6 Å². The van der Waals surface area contributed by atoms with Crippen LogP contribution >= 0.6 is 0 Å². The number of carbonyl (C=O) groups is 1. The van der Waals surface area contributed by atoms with Crippen LogP contribution in [0.1, 0.15) is 26.7 Å². The third-order valence-corrected chi connectivity index (χ3v) is 1.43. The van der Waals surface area contributed by atoms with Gasteiger partial charge < -0.3 is 15.6 Å². The van der Waals surface area contributed by atoms with Crippen molar-refractivity contribution in [3.8, 4) is 0 Å². The Balaban J connectivity index is 3.63. The van der Waals surface area contributed by atoms with Crippen LogP contribution in [-0.4, -0.2) is 23.4 Å². The second-order valence-electron chi connectivity index (χ2n) is 2.50. The summed E-state index contributed by atoms with van der Waals surface area (Å²) in [6.45, 7) is 3.56. The van der Waals surface area contributed by atoms with Crippen LogP contribution in [0.15, 0.2) is 0 Å². The highest BCUT2D eigenvalue weighted by atomic mass is 16.6. The van der Waals surface area contributed by atoms with Crippen LogP contribution in [0.5, 0.6) is 0 Å². The Hall–Kier alpha value is -0.770. The summed E-state index contributed by atoms with van der Waals surface area (Å²) >= 11 is 0. The molecule has 11 heavy (non-hydrogen) atoms. The van der Waals surface area contributed by atoms with Gasteiger partial charge in [0.25, 0.3) is 0 Å². The number of hydrogen-bond donors (Lipinski definition) is 2. The van der Waals surface area contributed by atoms with E-state index in [0.29, 0.717) is 6.42 Å². The summed E-state index contributed by atoms with van der Waals surface area (Å²) in [6, 6.07) is 0. The molecule has 0 radical (unpaired) electrons. The number of ether oxygens (including phenoxy) is 1. The van der Waals surface area contributed by atoms with Crippen LogP contribution in [0.4, 0.5) is 4.79 Å². The Bertz CT molecular complexity index is 127. The molecule has 0 rings (SSSR count). The van der Waals surface area contributed by atoms with Crippen molar-refractivity contribution in [3.05, 3.63) is 0 Å². The predicted molar refractivity (Wildman–Crippen MR) is 41.0 cm³/mol. The molecule has 3 N–H and O–H groups in total. The summed E-state index contributed by atoms with van der Waals surface area (Å²) < 4.78 is 4.55. The van der Waals surface area contributed by atoms with Gasteiger partial charge >= 0.3 is 6.09 Å². The zero-order chi connectivity index (χ0) is 8.85. The summed E-state index contributed by atoms with van der Waals surface area (Å²) in [6.07, 6.45) is -0.477. The number of hydrogen-bond acceptors (Lipinski definition) is 3. The molecule has 66 valence electrons. The predicted octanol–water partition coefficient (Wildman–Crippen LogP) is 0.631. The van der Waals surface area contributed by atoms with E-state index in [4.69, 9.17) is 5.73 Å². The molecule has 0 aliphatic rings. The fraction of sp³-hybridized carbons (Fsp3) is 0.857. The summed E-state index contributed by atoms with van der Waals surface area (Å²) in [4.78, 5) is 10.2. The molecule has 4 nitrogen and oxygen atoms in total. The Morgan fingerprint density at radius 1 is 1.73 bits per heavy atom. The van der Waals surface area contributed by atoms with Crippen LogP contribution in [0, 0.1) is 0 Å². The van der Waals surface area contributed by atoms with Crippen molar-refractivity contribution in [2.24, 2.45) is 5.73 Å². The minimum atomic E-state index is -0.840. The van der Waals surface area contributed by atoms with Crippen molar-refractivity contribution in [1.82, 2.24) is 0 Å². The highest BCUT2D eigenvalue weighted by Gasteiger charge is 2.15. The summed E-state index contributed by atoms with van der Waals surface area (Å²) in [5.74, 6) is 0. The standard InChI is InChI=1S/C7H15NO3/c1-3-4-6(9)5(2)11-7(8)10/h5-6,9H,3-4H2,1-2H3,(H2,8,10). The highest BCUT2D eigenvalue weighted by Crippen LogP contribution is 2.04. The summed E-state index contributed by atoms with van der Waals surface area (Å²) in [5, 5.41) is 9.23. The number of primary amides is 1. The molecule has 2 unspecified atom stereocenters. The first-order valence-electron chi connectivity index (χ1n) is 3.72. The summed E-state index contributed by atoms with van der Waals surface area (Å²) in [7, 11) is 0. The van der Waals surface area contributed by atoms with E-state index in [1.165, 1.54) is 0 Å². The van der Waals surface area contributed by atoms with Crippen molar-refractivity contribution >= 4 is 6.09 Å². The number of aliphatic hydroxyl groups is 1. The third kappa shape index (κ3) is 4.61. The van der Waals surface area contributed by atoms with E-state index in [0.717, 1.165) is 6.42 Å². The van der Waals surface area contributed by atoms with Gasteiger partial charge in [-0.15, -0.1) is 0 Å². The van der Waals surface area contributed by atoms with E-state index in [9.17, 15) is 9.90 Å². The van der Waals surface area contributed by atoms with Gasteiger partial charge in [0.1, 0.15) is 6.10 Å². The fourth-order valence-electron chi connectivity index (χ4n) is 0.792. The maximum absolute atomic E-state index is 10.2. The van der Waals surface area contributed by atoms with Crippen LogP contribution in [-0.2, 0) is 4.74 Å². The average molecular weight is 161 g/mol. The van der Waals surface area contributed by atoms with E-state index >= 15 is 0 Å². The first kappa shape index (κ1) is 10.2. The number of nitrogens with two attached hydrogens (primary N) is 1. The van der Waals surface area contributed by atoms with Gasteiger partial charge in [0, 0.05) is 0 Å². The Labute approximate surface area is 66.3 Å². The highest BCUT2D eigenvalue weighted by molar-refractivity contribution is 5.64. The Morgan fingerprint density at radius 3 is 2.64 bits per heavy atom. The SMILES string of the molecule is CCCC(O)C(C)OC(N)=O. The average Bonchev–Trinajstić information content (AvgIpc) is 1.86. The molecule has 0 saturated carbocycles. The van der Waals surface area contributed by atoms with Crippen LogP contribution in [0.2, 0.25) is 0 Å². The molecule has 4 heteroatoms. The minimum Gasteiger partial charge on any atom is -0.444 e. The number of rotatable bonds is 4. The van der Waals surface area contributed by atoms with E-state index < -0.39 is 18.3 Å². The quantitative estimate of drug-likeness (QED) is 0.635. The molecule has 0 aliphatic heterocycles. The molecule has 0 spiro atoms. The van der Waals surface area contributed by atoms with Crippen molar-refractivity contribution in [1.29, 1.82) is 0 Å². The van der Waals surface area contributed by atoms with E-state index in [1.54, 1.807) is 6.92 Å². The first-order chi connectivity index (χ1) is 5.07. The number of amides is 1. The molecule has 0 aromatic heterocycles. The van der Waals surface area contributed by atoms with Gasteiger partial charge in [0.2, 0.25) is 0 Å².